The first-order chi connectivity index (χ1) is 61.2. The normalized spacial score (nSPS) is 13.3. The average Bonchev–Trinajstić information content (AvgIpc) is 0.772. The van der Waals surface area contributed by atoms with E-state index in [0.717, 1.165) is 43.4 Å². The summed E-state index contributed by atoms with van der Waals surface area (Å²) in [5, 5.41) is 9.01. The highest BCUT2D eigenvalue weighted by Gasteiger charge is 2.34. The van der Waals surface area contributed by atoms with E-state index in [9.17, 15) is 61.1 Å². The van der Waals surface area contributed by atoms with Crippen LogP contribution in [-0.2, 0) is 46.8 Å². The second kappa shape index (κ2) is 51.1. The van der Waals surface area contributed by atoms with E-state index in [4.69, 9.17) is 28.8 Å². The largest absolute Gasteiger partial charge is 0.744 e. The van der Waals surface area contributed by atoms with Crippen LogP contribution in [0, 0.1) is 52.0 Å². The van der Waals surface area contributed by atoms with Crippen molar-refractivity contribution in [1.82, 2.24) is 0 Å². The summed E-state index contributed by atoms with van der Waals surface area (Å²) in [6, 6.07) is 93.8. The number of hydrogen-bond donors (Lipinski definition) is 1. The maximum atomic E-state index is 13.9. The summed E-state index contributed by atoms with van der Waals surface area (Å²) in [6.45, 7) is 23.7. The van der Waals surface area contributed by atoms with E-state index in [-0.39, 0.29) is 64.8 Å². The lowest BCUT2D eigenvalue weighted by molar-refractivity contribution is -0.142. The van der Waals surface area contributed by atoms with Crippen molar-refractivity contribution in [3.8, 4) is 34.5 Å². The van der Waals surface area contributed by atoms with Crippen LogP contribution < -0.4 is 18.9 Å². The maximum absolute atomic E-state index is 13.9. The van der Waals surface area contributed by atoms with Gasteiger partial charge in [-0.3, -0.25) is 0 Å². The maximum Gasteiger partial charge on any atom is 0.205 e. The third-order valence-electron chi connectivity index (χ3n) is 21.2. The SMILES string of the molecule is CCC(C)c1ccc(O)cc1.CCC(C)c1ccc(OC(CC(C)(C)C)OC2CCCCC2)cc1.CCC(C)c1ccc(OCCCCOc2c(F)c(F)c(S(=O)(=O)[O-])c(F)c2F)cc1.CCC(C)c1ccc(Oc2c(F)c(F)c(S(=O)(=O)[O-])c(F)c2F)cc1.c1ccc([S+](c2ccccc2)c2ccccc2)cc1.c1ccc([S+](c2ccccc2)c2ccccc2)cc1. The molecule has 5 unspecified atom stereocenters. The molecule has 0 heterocycles. The van der Waals surface area contributed by atoms with Crippen molar-refractivity contribution < 1.29 is 89.9 Å². The van der Waals surface area contributed by atoms with Crippen molar-refractivity contribution in [3.63, 3.8) is 0 Å². The molecule has 0 aromatic heterocycles. The van der Waals surface area contributed by atoms with E-state index >= 15 is 0 Å². The van der Waals surface area contributed by atoms with Gasteiger partial charge in [0.2, 0.25) is 35.3 Å². The molecular formula is C104H114F8O12S4. The molecule has 0 bridgehead atoms. The van der Waals surface area contributed by atoms with Crippen molar-refractivity contribution in [1.29, 1.82) is 0 Å². The zero-order valence-corrected chi connectivity index (χ0v) is 77.3. The molecule has 5 atom stereocenters. The monoisotopic (exact) mass is 1830 g/mol. The van der Waals surface area contributed by atoms with Gasteiger partial charge in [-0.25, -0.2) is 34.4 Å². The van der Waals surface area contributed by atoms with E-state index in [1.807, 2.05) is 50.2 Å². The van der Waals surface area contributed by atoms with Crippen LogP contribution in [0.15, 0.2) is 318 Å². The Labute approximate surface area is 756 Å². The highest BCUT2D eigenvalue weighted by molar-refractivity contribution is 7.97. The Morgan fingerprint density at radius 2 is 0.641 bits per heavy atom. The second-order valence-electron chi connectivity index (χ2n) is 32.0. The van der Waals surface area contributed by atoms with Gasteiger partial charge in [-0.05, 0) is 224 Å². The zero-order valence-electron chi connectivity index (χ0n) is 74.0. The Morgan fingerprint density at radius 3 is 0.930 bits per heavy atom. The third kappa shape index (κ3) is 31.5. The number of aromatic hydroxyl groups is 1. The van der Waals surface area contributed by atoms with E-state index in [0.29, 0.717) is 41.8 Å². The summed E-state index contributed by atoms with van der Waals surface area (Å²) < 4.78 is 202. The molecule has 0 spiro atoms. The predicted molar refractivity (Wildman–Crippen MR) is 490 cm³/mol. The number of rotatable bonds is 30. The van der Waals surface area contributed by atoms with Gasteiger partial charge in [-0.15, -0.1) is 0 Å². The Kier molecular flexibility index (Phi) is 41.1. The minimum atomic E-state index is -5.75. The minimum Gasteiger partial charge on any atom is -0.744 e. The lowest BCUT2D eigenvalue weighted by atomic mass is 9.91. The van der Waals surface area contributed by atoms with Crippen molar-refractivity contribution in [3.05, 3.63) is 348 Å². The van der Waals surface area contributed by atoms with Gasteiger partial charge in [-0.2, -0.15) is 17.6 Å². The van der Waals surface area contributed by atoms with Gasteiger partial charge in [0.05, 0.1) is 41.1 Å². The van der Waals surface area contributed by atoms with Crippen LogP contribution in [0.25, 0.3) is 0 Å². The molecule has 13 rings (SSSR count). The highest BCUT2D eigenvalue weighted by atomic mass is 32.2. The molecule has 12 aromatic rings. The summed E-state index contributed by atoms with van der Waals surface area (Å²) in [6.07, 6.45) is 12.2. The molecule has 128 heavy (non-hydrogen) atoms. The van der Waals surface area contributed by atoms with Crippen LogP contribution in [0.5, 0.6) is 34.5 Å². The van der Waals surface area contributed by atoms with Crippen molar-refractivity contribution in [2.45, 2.75) is 228 Å². The molecule has 0 saturated heterocycles. The Balaban J connectivity index is 0.000000193. The van der Waals surface area contributed by atoms with Gasteiger partial charge in [-0.1, -0.05) is 253 Å². The van der Waals surface area contributed by atoms with Crippen LogP contribution >= 0.6 is 0 Å². The second-order valence-corrected chi connectivity index (χ2v) is 38.7. The summed E-state index contributed by atoms with van der Waals surface area (Å²) in [4.78, 5) is 3.74. The van der Waals surface area contributed by atoms with Crippen molar-refractivity contribution in [2.75, 3.05) is 13.2 Å². The molecule has 1 N–H and O–H groups in total. The number of phenolic OH excluding ortho intramolecular Hbond substituents is 1. The van der Waals surface area contributed by atoms with E-state index < -0.39 is 88.1 Å². The summed E-state index contributed by atoms with van der Waals surface area (Å²) in [7, 11) is -11.5. The molecule has 24 heteroatoms. The first-order valence-electron chi connectivity index (χ1n) is 42.9. The molecule has 682 valence electrons. The van der Waals surface area contributed by atoms with Gasteiger partial charge in [0, 0.05) is 6.42 Å². The van der Waals surface area contributed by atoms with Crippen LogP contribution in [0.3, 0.4) is 0 Å². The predicted octanol–water partition coefficient (Wildman–Crippen LogP) is 28.5. The molecule has 1 aliphatic rings. The molecule has 1 saturated carbocycles. The lowest BCUT2D eigenvalue weighted by Gasteiger charge is -2.31. The highest BCUT2D eigenvalue weighted by Crippen LogP contribution is 2.39. The molecule has 0 amide bonds. The zero-order chi connectivity index (χ0) is 93.1. The van der Waals surface area contributed by atoms with Crippen molar-refractivity contribution in [2.24, 2.45) is 5.41 Å². The van der Waals surface area contributed by atoms with Gasteiger partial charge < -0.3 is 37.9 Å². The number of halogens is 8. The molecule has 12 nitrogen and oxygen atoms in total. The van der Waals surface area contributed by atoms with Gasteiger partial charge in [0.1, 0.15) is 53.0 Å². The third-order valence-corrected chi connectivity index (χ3v) is 27.4. The van der Waals surface area contributed by atoms with Crippen LogP contribution in [-0.4, -0.2) is 56.7 Å². The Bertz CT molecular complexity index is 5180. The summed E-state index contributed by atoms with van der Waals surface area (Å²) in [5.41, 5.74) is 4.98. The first-order valence-corrected chi connectivity index (χ1v) is 48.2. The van der Waals surface area contributed by atoms with Gasteiger partial charge >= 0.3 is 0 Å². The summed E-state index contributed by atoms with van der Waals surface area (Å²) >= 11 is 0. The minimum absolute atomic E-state index is 0.0146. The molecule has 0 aliphatic heterocycles. The van der Waals surface area contributed by atoms with Crippen LogP contribution in [0.2, 0.25) is 0 Å². The topological polar surface area (TPSA) is 181 Å². The fourth-order valence-electron chi connectivity index (χ4n) is 13.2. The average molecular weight is 1840 g/mol. The molecule has 0 radical (unpaired) electrons. The molecule has 12 aromatic carbocycles. The molecule has 1 aliphatic carbocycles. The quantitative estimate of drug-likeness (QED) is 0.0113. The van der Waals surface area contributed by atoms with Crippen molar-refractivity contribution >= 4 is 42.0 Å². The van der Waals surface area contributed by atoms with E-state index in [2.05, 4.69) is 269 Å². The number of hydrogen-bond acceptors (Lipinski definition) is 12. The molecular weight excluding hydrogens is 1720 g/mol. The number of unbranched alkanes of at least 4 members (excludes halogenated alkanes) is 1. The first kappa shape index (κ1) is 103. The van der Waals surface area contributed by atoms with E-state index in [1.165, 1.54) is 90.3 Å². The summed E-state index contributed by atoms with van der Waals surface area (Å²) in [5.74, 6) is -16.9. The number of ether oxygens (including phenoxy) is 5. The van der Waals surface area contributed by atoms with E-state index in [1.54, 1.807) is 24.3 Å². The lowest BCUT2D eigenvalue weighted by Crippen LogP contribution is -2.32. The Hall–Kier alpha value is -10.4. The Morgan fingerprint density at radius 1 is 0.367 bits per heavy atom. The number of phenols is 1. The molecule has 1 fully saturated rings. The van der Waals surface area contributed by atoms with Crippen LogP contribution in [0.1, 0.15) is 199 Å². The number of benzene rings is 12. The van der Waals surface area contributed by atoms with Gasteiger partial charge in [0.25, 0.3) is 0 Å². The van der Waals surface area contributed by atoms with Gasteiger partial charge in [0.15, 0.2) is 58.4 Å². The fraction of sp³-hybridized carbons (Fsp3) is 0.308. The standard InChI is InChI=1S/C22H36O2.C20H22F4O5S.2C18H15S.C16H14F4O4S.C10H14O/c1-6-17(2)18-12-14-20(15-13-18)24-21(16-22(3,4)5)23-19-10-8-7-9-11-19;1-3-12(2)13-6-8-14(9-7-13)28-10-4-5-11-29-19-15(21)17(23)20(30(25,26)27)18(24)16(19)22;2*1-4-10-16(11-5-1)19(17-12-6-2-7-13-17)18-14-8-3-9-15-18;1-3-8(2)9-4-6-10(7-5-9)24-15-11(17)13(19)16(25(21,22)23)14(20)12(15)18;1-3-8(2)9-4-6-10(11)7-5-9/h12-15,17,19,21H,6-11,16H2,1-5H3;6-9,12H,3-5,10-11H2,1-2H3,(H,25,26,27);2*1-15H;4-8H,3H2,1-2H3,(H,21,22,23);4-8,11H,3H2,1-2H3/q;;2*+1;;/p-2. The van der Waals surface area contributed by atoms with Crippen LogP contribution in [0.4, 0.5) is 35.1 Å². The fourth-order valence-corrected chi connectivity index (χ4v) is 18.7. The smallest absolute Gasteiger partial charge is 0.205 e.